The van der Waals surface area contributed by atoms with Crippen molar-refractivity contribution in [3.8, 4) is 6.07 Å². The lowest BCUT2D eigenvalue weighted by Gasteiger charge is -2.14. The number of anilines is 1. The van der Waals surface area contributed by atoms with Crippen LogP contribution in [-0.4, -0.2) is 23.0 Å². The summed E-state index contributed by atoms with van der Waals surface area (Å²) < 4.78 is 0. The predicted octanol–water partition coefficient (Wildman–Crippen LogP) is 2.12. The fraction of sp³-hybridized carbons (Fsp3) is 0.400. The van der Waals surface area contributed by atoms with Crippen LogP contribution in [0.25, 0.3) is 0 Å². The number of nitriles is 1. The van der Waals surface area contributed by atoms with E-state index in [1.165, 1.54) is 0 Å². The van der Waals surface area contributed by atoms with Crippen LogP contribution in [0.1, 0.15) is 12.6 Å². The molecular weight excluding hydrogens is 194 g/mol. The third kappa shape index (κ3) is 2.93. The molecule has 0 saturated heterocycles. The zero-order chi connectivity index (χ0) is 10.4. The van der Waals surface area contributed by atoms with Gasteiger partial charge in [0.05, 0.1) is 5.69 Å². The van der Waals surface area contributed by atoms with Gasteiger partial charge in [0.1, 0.15) is 6.07 Å². The molecule has 0 aliphatic heterocycles. The highest BCUT2D eigenvalue weighted by Gasteiger charge is 2.05. The van der Waals surface area contributed by atoms with Crippen molar-refractivity contribution in [2.45, 2.75) is 13.0 Å². The molecule has 1 heterocycles. The monoisotopic (exact) mass is 207 g/mol. The number of hydrogen-bond donors (Lipinski definition) is 1. The molecule has 1 rings (SSSR count). The van der Waals surface area contributed by atoms with Gasteiger partial charge in [0.15, 0.2) is 5.69 Å². The smallest absolute Gasteiger partial charge is 0.163 e. The standard InChI is InChI=1S/C10H13N3S/c1-8(7-14-2)13-9-4-3-5-12-10(9)6-11/h3-5,8,13H,7H2,1-2H3. The largest absolute Gasteiger partial charge is 0.379 e. The summed E-state index contributed by atoms with van der Waals surface area (Å²) in [6.45, 7) is 2.09. The van der Waals surface area contributed by atoms with E-state index in [2.05, 4.69) is 29.5 Å². The average Bonchev–Trinajstić information content (AvgIpc) is 2.19. The molecule has 0 saturated carbocycles. The molecule has 74 valence electrons. The second kappa shape index (κ2) is 5.51. The van der Waals surface area contributed by atoms with Crippen LogP contribution in [0.15, 0.2) is 18.3 Å². The molecule has 1 N–H and O–H groups in total. The third-order valence-corrected chi connectivity index (χ3v) is 2.57. The van der Waals surface area contributed by atoms with Gasteiger partial charge in [-0.25, -0.2) is 4.98 Å². The van der Waals surface area contributed by atoms with E-state index in [0.717, 1.165) is 11.4 Å². The summed E-state index contributed by atoms with van der Waals surface area (Å²) in [7, 11) is 0. The van der Waals surface area contributed by atoms with Crippen molar-refractivity contribution in [2.24, 2.45) is 0 Å². The van der Waals surface area contributed by atoms with Gasteiger partial charge in [-0.15, -0.1) is 0 Å². The fourth-order valence-corrected chi connectivity index (χ4v) is 1.75. The molecule has 0 fully saturated rings. The molecule has 0 radical (unpaired) electrons. The number of aromatic nitrogens is 1. The molecule has 4 heteroatoms. The van der Waals surface area contributed by atoms with E-state index in [-0.39, 0.29) is 0 Å². The van der Waals surface area contributed by atoms with Crippen LogP contribution in [0.4, 0.5) is 5.69 Å². The minimum absolute atomic E-state index is 0.348. The van der Waals surface area contributed by atoms with Crippen LogP contribution in [0.2, 0.25) is 0 Å². The van der Waals surface area contributed by atoms with Crippen molar-refractivity contribution in [3.05, 3.63) is 24.0 Å². The van der Waals surface area contributed by atoms with Gasteiger partial charge in [-0.3, -0.25) is 0 Å². The van der Waals surface area contributed by atoms with Gasteiger partial charge >= 0.3 is 0 Å². The number of thioether (sulfide) groups is 1. The van der Waals surface area contributed by atoms with Crippen LogP contribution in [0, 0.1) is 11.3 Å². The third-order valence-electron chi connectivity index (χ3n) is 1.73. The average molecular weight is 207 g/mol. The van der Waals surface area contributed by atoms with Crippen LogP contribution in [0.5, 0.6) is 0 Å². The molecule has 0 amide bonds. The molecular formula is C10H13N3S. The maximum absolute atomic E-state index is 8.80. The van der Waals surface area contributed by atoms with E-state index in [4.69, 9.17) is 5.26 Å². The van der Waals surface area contributed by atoms with E-state index >= 15 is 0 Å². The van der Waals surface area contributed by atoms with Crippen molar-refractivity contribution >= 4 is 17.4 Å². The Balaban J connectivity index is 2.71. The van der Waals surface area contributed by atoms with Crippen LogP contribution >= 0.6 is 11.8 Å². The second-order valence-corrected chi connectivity index (χ2v) is 3.92. The summed E-state index contributed by atoms with van der Waals surface area (Å²) in [5.41, 5.74) is 1.28. The van der Waals surface area contributed by atoms with Gasteiger partial charge in [-0.05, 0) is 25.3 Å². The van der Waals surface area contributed by atoms with Gasteiger partial charge in [-0.1, -0.05) is 0 Å². The van der Waals surface area contributed by atoms with E-state index < -0.39 is 0 Å². The molecule has 1 atom stereocenters. The first kappa shape index (κ1) is 10.9. The first-order valence-corrected chi connectivity index (χ1v) is 5.78. The molecule has 1 unspecified atom stereocenters. The molecule has 0 bridgehead atoms. The highest BCUT2D eigenvalue weighted by atomic mass is 32.2. The number of nitrogens with zero attached hydrogens (tertiary/aromatic N) is 2. The van der Waals surface area contributed by atoms with Crippen molar-refractivity contribution < 1.29 is 0 Å². The van der Waals surface area contributed by atoms with E-state index in [1.807, 2.05) is 12.1 Å². The van der Waals surface area contributed by atoms with Crippen molar-refractivity contribution in [2.75, 3.05) is 17.3 Å². The Bertz CT molecular complexity index is 332. The predicted molar refractivity (Wildman–Crippen MR) is 60.4 cm³/mol. The Morgan fingerprint density at radius 3 is 3.14 bits per heavy atom. The Morgan fingerprint density at radius 1 is 1.71 bits per heavy atom. The van der Waals surface area contributed by atoms with Crippen molar-refractivity contribution in [1.29, 1.82) is 5.26 Å². The summed E-state index contributed by atoms with van der Waals surface area (Å²) >= 11 is 1.78. The highest BCUT2D eigenvalue weighted by molar-refractivity contribution is 7.98. The highest BCUT2D eigenvalue weighted by Crippen LogP contribution is 2.13. The maximum Gasteiger partial charge on any atom is 0.163 e. The van der Waals surface area contributed by atoms with Crippen LogP contribution < -0.4 is 5.32 Å². The Hall–Kier alpha value is -1.21. The van der Waals surface area contributed by atoms with Gasteiger partial charge in [-0.2, -0.15) is 17.0 Å². The molecule has 14 heavy (non-hydrogen) atoms. The minimum atomic E-state index is 0.348. The van der Waals surface area contributed by atoms with Crippen molar-refractivity contribution in [1.82, 2.24) is 4.98 Å². The number of nitrogens with one attached hydrogen (secondary N) is 1. The lowest BCUT2D eigenvalue weighted by Crippen LogP contribution is -2.18. The summed E-state index contributed by atoms with van der Waals surface area (Å²) in [4.78, 5) is 3.98. The Labute approximate surface area is 88.5 Å². The minimum Gasteiger partial charge on any atom is -0.379 e. The number of pyridine rings is 1. The van der Waals surface area contributed by atoms with E-state index in [9.17, 15) is 0 Å². The van der Waals surface area contributed by atoms with Crippen LogP contribution in [0.3, 0.4) is 0 Å². The molecule has 3 nitrogen and oxygen atoms in total. The molecule has 1 aromatic rings. The normalized spacial score (nSPS) is 11.8. The molecule has 0 aliphatic carbocycles. The number of hydrogen-bond acceptors (Lipinski definition) is 4. The first-order valence-electron chi connectivity index (χ1n) is 4.38. The molecule has 1 aromatic heterocycles. The molecule has 0 aromatic carbocycles. The lowest BCUT2D eigenvalue weighted by atomic mass is 10.3. The van der Waals surface area contributed by atoms with Gasteiger partial charge in [0.25, 0.3) is 0 Å². The van der Waals surface area contributed by atoms with Gasteiger partial charge in [0, 0.05) is 18.0 Å². The number of rotatable bonds is 4. The zero-order valence-corrected chi connectivity index (χ0v) is 9.14. The molecule has 0 aliphatic rings. The SMILES string of the molecule is CSCC(C)Nc1cccnc1C#N. The summed E-state index contributed by atoms with van der Waals surface area (Å²) in [6.07, 6.45) is 3.69. The Morgan fingerprint density at radius 2 is 2.50 bits per heavy atom. The van der Waals surface area contributed by atoms with E-state index in [0.29, 0.717) is 11.7 Å². The zero-order valence-electron chi connectivity index (χ0n) is 8.32. The lowest BCUT2D eigenvalue weighted by molar-refractivity contribution is 0.910. The maximum atomic E-state index is 8.80. The second-order valence-electron chi connectivity index (χ2n) is 3.01. The summed E-state index contributed by atoms with van der Waals surface area (Å²) in [5.74, 6) is 1.01. The van der Waals surface area contributed by atoms with Crippen molar-refractivity contribution in [3.63, 3.8) is 0 Å². The molecule has 0 spiro atoms. The summed E-state index contributed by atoms with van der Waals surface area (Å²) in [5, 5.41) is 12.1. The summed E-state index contributed by atoms with van der Waals surface area (Å²) in [6, 6.07) is 6.12. The van der Waals surface area contributed by atoms with Gasteiger partial charge in [0.2, 0.25) is 0 Å². The fourth-order valence-electron chi connectivity index (χ4n) is 1.17. The van der Waals surface area contributed by atoms with E-state index in [1.54, 1.807) is 18.0 Å². The Kier molecular flexibility index (Phi) is 4.27. The van der Waals surface area contributed by atoms with Gasteiger partial charge < -0.3 is 5.32 Å². The van der Waals surface area contributed by atoms with Crippen LogP contribution in [-0.2, 0) is 0 Å². The quantitative estimate of drug-likeness (QED) is 0.821. The topological polar surface area (TPSA) is 48.7 Å². The first-order chi connectivity index (χ1) is 6.77.